The molecule has 1 saturated heterocycles. The summed E-state index contributed by atoms with van der Waals surface area (Å²) in [4.78, 5) is 27.5. The van der Waals surface area contributed by atoms with Gasteiger partial charge in [-0.25, -0.2) is 4.98 Å². The van der Waals surface area contributed by atoms with Gasteiger partial charge in [0.1, 0.15) is 23.9 Å². The molecule has 7 nitrogen and oxygen atoms in total. The van der Waals surface area contributed by atoms with Crippen molar-refractivity contribution in [2.75, 3.05) is 7.11 Å². The molecule has 1 fully saturated rings. The average Bonchev–Trinajstić information content (AvgIpc) is 3.18. The predicted octanol–water partition coefficient (Wildman–Crippen LogP) is 3.06. The van der Waals surface area contributed by atoms with Crippen LogP contribution in [0.3, 0.4) is 0 Å². The Bertz CT molecular complexity index is 1050. The second-order valence-electron chi connectivity index (χ2n) is 6.46. The van der Waals surface area contributed by atoms with Crippen molar-refractivity contribution in [2.24, 2.45) is 7.05 Å². The first kappa shape index (κ1) is 18.4. The van der Waals surface area contributed by atoms with Crippen LogP contribution in [-0.4, -0.2) is 33.1 Å². The van der Waals surface area contributed by atoms with Crippen LogP contribution in [0, 0.1) is 0 Å². The molecule has 3 aromatic rings. The fourth-order valence-electron chi connectivity index (χ4n) is 3.10. The van der Waals surface area contributed by atoms with Gasteiger partial charge in [0.2, 0.25) is 5.91 Å². The summed E-state index contributed by atoms with van der Waals surface area (Å²) in [5.74, 6) is 2.07. The zero-order valence-corrected chi connectivity index (χ0v) is 16.3. The van der Waals surface area contributed by atoms with Crippen molar-refractivity contribution in [3.8, 4) is 11.5 Å². The van der Waals surface area contributed by atoms with Crippen LogP contribution in [0.5, 0.6) is 11.5 Å². The molecule has 0 aliphatic carbocycles. The van der Waals surface area contributed by atoms with E-state index < -0.39 is 0 Å². The minimum absolute atomic E-state index is 0.228. The first-order chi connectivity index (χ1) is 13.5. The molecule has 1 aliphatic heterocycles. The lowest BCUT2D eigenvalue weighted by atomic mass is 10.1. The number of ether oxygens (including phenoxy) is 2. The zero-order valence-electron chi connectivity index (χ0n) is 15.5. The maximum Gasteiger partial charge on any atom is 0.286 e. The molecule has 144 valence electrons. The highest BCUT2D eigenvalue weighted by Crippen LogP contribution is 2.25. The molecule has 1 N–H and O–H groups in total. The Morgan fingerprint density at radius 2 is 1.89 bits per heavy atom. The molecule has 1 unspecified atom stereocenters. The first-order valence-electron chi connectivity index (χ1n) is 8.76. The number of carbonyl (C=O) groups is 2. The molecular formula is C20H19N3O4S. The van der Waals surface area contributed by atoms with E-state index >= 15 is 0 Å². The molecule has 4 rings (SSSR count). The highest BCUT2D eigenvalue weighted by atomic mass is 32.2. The van der Waals surface area contributed by atoms with Crippen molar-refractivity contribution < 1.29 is 19.1 Å². The second-order valence-corrected chi connectivity index (χ2v) is 7.64. The Labute approximate surface area is 166 Å². The summed E-state index contributed by atoms with van der Waals surface area (Å²) in [5, 5.41) is 1.66. The number of nitrogens with zero attached hydrogens (tertiary/aromatic N) is 2. The fourth-order valence-corrected chi connectivity index (χ4v) is 3.96. The van der Waals surface area contributed by atoms with Gasteiger partial charge in [0.15, 0.2) is 0 Å². The number of aryl methyl sites for hydroxylation is 1. The van der Waals surface area contributed by atoms with Crippen LogP contribution in [0.2, 0.25) is 0 Å². The van der Waals surface area contributed by atoms with E-state index in [9.17, 15) is 9.59 Å². The van der Waals surface area contributed by atoms with Crippen molar-refractivity contribution in [3.05, 3.63) is 53.9 Å². The predicted molar refractivity (Wildman–Crippen MR) is 107 cm³/mol. The van der Waals surface area contributed by atoms with E-state index in [0.29, 0.717) is 18.8 Å². The first-order valence-corrected chi connectivity index (χ1v) is 9.64. The summed E-state index contributed by atoms with van der Waals surface area (Å²) in [6.45, 7) is 0.336. The Balaban J connectivity index is 1.41. The van der Waals surface area contributed by atoms with E-state index in [0.717, 1.165) is 39.9 Å². The number of carbonyl (C=O) groups excluding carboxylic acids is 2. The number of benzene rings is 2. The third kappa shape index (κ3) is 3.68. The van der Waals surface area contributed by atoms with E-state index in [1.165, 1.54) is 0 Å². The van der Waals surface area contributed by atoms with Gasteiger partial charge in [-0.1, -0.05) is 23.9 Å². The molecule has 0 radical (unpaired) electrons. The van der Waals surface area contributed by atoms with Crippen molar-refractivity contribution in [1.29, 1.82) is 0 Å². The molecular weight excluding hydrogens is 378 g/mol. The maximum absolute atomic E-state index is 11.7. The zero-order chi connectivity index (χ0) is 19.7. The number of methoxy groups -OCH3 is 1. The minimum atomic E-state index is -0.365. The number of thioether (sulfide) groups is 1. The van der Waals surface area contributed by atoms with Gasteiger partial charge in [-0.2, -0.15) is 0 Å². The van der Waals surface area contributed by atoms with Crippen LogP contribution in [0.1, 0.15) is 11.4 Å². The molecule has 28 heavy (non-hydrogen) atoms. The quantitative estimate of drug-likeness (QED) is 0.688. The molecule has 8 heteroatoms. The van der Waals surface area contributed by atoms with E-state index in [2.05, 4.69) is 10.3 Å². The summed E-state index contributed by atoms with van der Waals surface area (Å²) < 4.78 is 13.1. The van der Waals surface area contributed by atoms with Crippen LogP contribution in [-0.2, 0) is 24.9 Å². The Morgan fingerprint density at radius 1 is 1.14 bits per heavy atom. The van der Waals surface area contributed by atoms with Gasteiger partial charge in [0.05, 0.1) is 23.4 Å². The van der Waals surface area contributed by atoms with Crippen molar-refractivity contribution >= 4 is 33.9 Å². The number of hydrogen-bond acceptors (Lipinski definition) is 6. The lowest BCUT2D eigenvalue weighted by Gasteiger charge is -2.09. The Kier molecular flexibility index (Phi) is 4.95. The highest BCUT2D eigenvalue weighted by Gasteiger charge is 2.31. The van der Waals surface area contributed by atoms with E-state index in [-0.39, 0.29) is 16.4 Å². The van der Waals surface area contributed by atoms with Crippen LogP contribution < -0.4 is 14.8 Å². The number of rotatable bonds is 6. The molecule has 0 bridgehead atoms. The highest BCUT2D eigenvalue weighted by molar-refractivity contribution is 8.15. The second kappa shape index (κ2) is 7.55. The molecule has 0 saturated carbocycles. The third-order valence-corrected chi connectivity index (χ3v) is 5.64. The summed E-state index contributed by atoms with van der Waals surface area (Å²) in [6.07, 6.45) is 0.509. The summed E-state index contributed by atoms with van der Waals surface area (Å²) in [7, 11) is 3.59. The SMILES string of the molecule is COc1ccc2c(c1)nc(COc1ccc(CC3SC(=O)NC3=O)cc1)n2C. The number of aromatic nitrogens is 2. The van der Waals surface area contributed by atoms with Gasteiger partial charge >= 0.3 is 0 Å². The van der Waals surface area contributed by atoms with Crippen LogP contribution in [0.25, 0.3) is 11.0 Å². The fraction of sp³-hybridized carbons (Fsp3) is 0.250. The molecule has 2 amide bonds. The maximum atomic E-state index is 11.7. The van der Waals surface area contributed by atoms with Crippen LogP contribution in [0.4, 0.5) is 4.79 Å². The lowest BCUT2D eigenvalue weighted by Crippen LogP contribution is -2.25. The molecule has 1 atom stereocenters. The van der Waals surface area contributed by atoms with Gasteiger partial charge in [0.25, 0.3) is 5.24 Å². The minimum Gasteiger partial charge on any atom is -0.497 e. The van der Waals surface area contributed by atoms with E-state index in [4.69, 9.17) is 9.47 Å². The summed E-state index contributed by atoms with van der Waals surface area (Å²) in [6, 6.07) is 13.3. The average molecular weight is 397 g/mol. The van der Waals surface area contributed by atoms with Crippen molar-refractivity contribution in [2.45, 2.75) is 18.3 Å². The number of imidazole rings is 1. The monoisotopic (exact) mass is 397 g/mol. The number of amides is 2. The largest absolute Gasteiger partial charge is 0.497 e. The van der Waals surface area contributed by atoms with Crippen LogP contribution in [0.15, 0.2) is 42.5 Å². The molecule has 0 spiro atoms. The van der Waals surface area contributed by atoms with Gasteiger partial charge < -0.3 is 14.0 Å². The lowest BCUT2D eigenvalue weighted by molar-refractivity contribution is -0.118. The van der Waals surface area contributed by atoms with Crippen molar-refractivity contribution in [3.63, 3.8) is 0 Å². The Hall–Kier alpha value is -3.00. The number of fused-ring (bicyclic) bond motifs is 1. The van der Waals surface area contributed by atoms with Gasteiger partial charge in [0, 0.05) is 13.1 Å². The topological polar surface area (TPSA) is 82.5 Å². The Morgan fingerprint density at radius 3 is 2.57 bits per heavy atom. The van der Waals surface area contributed by atoms with E-state index in [1.54, 1.807) is 7.11 Å². The molecule has 1 aliphatic rings. The molecule has 1 aromatic heterocycles. The smallest absolute Gasteiger partial charge is 0.286 e. The van der Waals surface area contributed by atoms with Gasteiger partial charge in [-0.05, 0) is 36.2 Å². The number of hydrogen-bond donors (Lipinski definition) is 1. The standard InChI is InChI=1S/C20H19N3O4S/c1-23-16-8-7-14(26-2)10-15(16)21-18(23)11-27-13-5-3-12(4-6-13)9-17-19(24)22-20(25)28-17/h3-8,10,17H,9,11H2,1-2H3,(H,22,24,25). The summed E-state index contributed by atoms with van der Waals surface area (Å²) >= 11 is 1.04. The summed E-state index contributed by atoms with van der Waals surface area (Å²) in [5.41, 5.74) is 2.85. The van der Waals surface area contributed by atoms with Crippen molar-refractivity contribution in [1.82, 2.24) is 14.9 Å². The van der Waals surface area contributed by atoms with E-state index in [1.807, 2.05) is 54.1 Å². The van der Waals surface area contributed by atoms with Gasteiger partial charge in [-0.15, -0.1) is 0 Å². The van der Waals surface area contributed by atoms with Crippen LogP contribution >= 0.6 is 11.8 Å². The molecule has 2 heterocycles. The number of nitrogens with one attached hydrogen (secondary N) is 1. The number of imide groups is 1. The normalized spacial score (nSPS) is 16.4. The van der Waals surface area contributed by atoms with Gasteiger partial charge in [-0.3, -0.25) is 14.9 Å². The molecule has 2 aromatic carbocycles. The third-order valence-electron chi connectivity index (χ3n) is 4.66.